The molecule has 16 heteroatoms. The van der Waals surface area contributed by atoms with E-state index in [1.165, 1.54) is 0 Å². The van der Waals surface area contributed by atoms with Crippen LogP contribution in [0.1, 0.15) is 44.7 Å². The molecule has 312 valence electrons. The van der Waals surface area contributed by atoms with Gasteiger partial charge in [0.15, 0.2) is 0 Å². The van der Waals surface area contributed by atoms with Crippen LogP contribution in [0.3, 0.4) is 0 Å². The minimum atomic E-state index is -2.61. The second kappa shape index (κ2) is 16.8. The predicted octanol–water partition coefficient (Wildman–Crippen LogP) is 7.21. The molecule has 0 unspecified atom stereocenters. The third kappa shape index (κ3) is 9.33. The lowest BCUT2D eigenvalue weighted by molar-refractivity contribution is -0.0247. The summed E-state index contributed by atoms with van der Waals surface area (Å²) >= 11 is 3.62. The van der Waals surface area contributed by atoms with Crippen molar-refractivity contribution in [3.63, 3.8) is 0 Å². The Labute approximate surface area is 351 Å². The number of aryl methyl sites for hydroxylation is 2. The van der Waals surface area contributed by atoms with Gasteiger partial charge in [0, 0.05) is 112 Å². The van der Waals surface area contributed by atoms with Gasteiger partial charge in [-0.25, -0.2) is 9.78 Å². The van der Waals surface area contributed by atoms with Crippen LogP contribution >= 0.6 is 23.1 Å². The largest absolute Gasteiger partial charge is 0.494 e. The molecule has 0 radical (unpaired) electrons. The number of benzene rings is 2. The lowest BCUT2D eigenvalue weighted by Gasteiger charge is -2.49. The fraction of sp³-hybridized carbons (Fsp3) is 0.524. The second-order valence-corrected chi connectivity index (χ2v) is 21.2. The summed E-state index contributed by atoms with van der Waals surface area (Å²) in [6, 6.07) is 9.18. The Bertz CT molecular complexity index is 2180. The van der Waals surface area contributed by atoms with Gasteiger partial charge in [0.2, 0.25) is 5.95 Å². The van der Waals surface area contributed by atoms with Crippen LogP contribution in [-0.4, -0.2) is 131 Å². The van der Waals surface area contributed by atoms with E-state index in [1.54, 1.807) is 26.6 Å². The van der Waals surface area contributed by atoms with Crippen molar-refractivity contribution in [1.82, 2.24) is 34.4 Å². The molecular weight excluding hydrogens is 819 g/mol. The summed E-state index contributed by atoms with van der Waals surface area (Å²) in [7, 11) is 1.01. The maximum Gasteiger partial charge on any atom is 0.410 e. The van der Waals surface area contributed by atoms with E-state index >= 15 is 0 Å². The molecule has 3 aliphatic rings. The first-order valence-corrected chi connectivity index (χ1v) is 23.5. The van der Waals surface area contributed by atoms with Crippen molar-refractivity contribution >= 4 is 63.3 Å². The van der Waals surface area contributed by atoms with Crippen LogP contribution in [0.25, 0.3) is 11.1 Å². The SMILES string of the molecule is COc1cc(N2CCN(C3CCN(C4CN(C(=O)OC(C)(C)C)C4)CC3)CC2)c(-c2cnn(C)c2)cc1Nc1ncc(Br)c(Nc2ccc(C)c(C)c2P(C)(C)=O)n1. The average molecular weight is 878 g/mol. The zero-order valence-electron chi connectivity index (χ0n) is 35.3. The first-order chi connectivity index (χ1) is 27.5. The van der Waals surface area contributed by atoms with Crippen LogP contribution in [0.4, 0.5) is 33.6 Å². The van der Waals surface area contributed by atoms with E-state index in [9.17, 15) is 9.36 Å². The van der Waals surface area contributed by atoms with E-state index in [-0.39, 0.29) is 6.09 Å². The molecule has 7 rings (SSSR count). The third-order valence-electron chi connectivity index (χ3n) is 11.5. The standard InChI is InChI=1S/C42H58BrN10O4P/c1-27-10-11-34(38(28(27)2)58(8,9)55)46-39-33(43)23-44-40(48-39)47-35-20-32(29-22-45-49(6)24-29)36(21-37(35)56-7)52-18-16-51(17-19-52)30-12-14-50(15-13-30)31-25-53(26-31)41(54)57-42(3,4)5/h10-11,20-24,30-31H,12-19,25-26H2,1-9H3,(H2,44,46,47,48). The van der Waals surface area contributed by atoms with Crippen LogP contribution < -0.4 is 25.6 Å². The number of halogens is 1. The molecule has 1 amide bonds. The summed E-state index contributed by atoms with van der Waals surface area (Å²) in [6.45, 7) is 20.7. The molecule has 3 fully saturated rings. The lowest BCUT2D eigenvalue weighted by atomic mass is 9.98. The first kappa shape index (κ1) is 42.0. The van der Waals surface area contributed by atoms with Crippen molar-refractivity contribution in [3.05, 3.63) is 58.5 Å². The number of carbonyl (C=O) groups is 1. The van der Waals surface area contributed by atoms with E-state index in [0.717, 1.165) is 110 Å². The third-order valence-corrected chi connectivity index (χ3v) is 13.8. The highest BCUT2D eigenvalue weighted by Gasteiger charge is 2.39. The summed E-state index contributed by atoms with van der Waals surface area (Å²) in [5, 5.41) is 12.2. The molecule has 2 aromatic heterocycles. The van der Waals surface area contributed by atoms with Gasteiger partial charge in [-0.15, -0.1) is 0 Å². The number of piperidine rings is 1. The Morgan fingerprint density at radius 3 is 2.24 bits per heavy atom. The smallest absolute Gasteiger partial charge is 0.410 e. The minimum absolute atomic E-state index is 0.206. The van der Waals surface area contributed by atoms with Crippen molar-refractivity contribution in [2.75, 3.05) is 88.3 Å². The minimum Gasteiger partial charge on any atom is -0.494 e. The summed E-state index contributed by atoms with van der Waals surface area (Å²) in [6.07, 6.45) is 7.70. The van der Waals surface area contributed by atoms with Crippen LogP contribution in [0, 0.1) is 13.8 Å². The van der Waals surface area contributed by atoms with Crippen molar-refractivity contribution in [3.8, 4) is 16.9 Å². The number of carbonyl (C=O) groups excluding carboxylic acids is 1. The highest BCUT2D eigenvalue weighted by atomic mass is 79.9. The zero-order valence-corrected chi connectivity index (χ0v) is 37.8. The number of likely N-dealkylation sites (tertiary alicyclic amines) is 2. The molecule has 3 aliphatic heterocycles. The Kier molecular flexibility index (Phi) is 12.2. The van der Waals surface area contributed by atoms with Gasteiger partial charge in [0.25, 0.3) is 0 Å². The molecule has 5 heterocycles. The van der Waals surface area contributed by atoms with E-state index in [0.29, 0.717) is 34.1 Å². The summed E-state index contributed by atoms with van der Waals surface area (Å²) < 4.78 is 27.5. The molecular formula is C42H58BrN10O4P. The van der Waals surface area contributed by atoms with Gasteiger partial charge in [-0.3, -0.25) is 14.5 Å². The van der Waals surface area contributed by atoms with E-state index < -0.39 is 12.7 Å². The number of ether oxygens (including phenoxy) is 2. The van der Waals surface area contributed by atoms with E-state index in [2.05, 4.69) is 63.5 Å². The Morgan fingerprint density at radius 2 is 1.62 bits per heavy atom. The maximum absolute atomic E-state index is 13.4. The molecule has 0 bridgehead atoms. The molecule has 0 aliphatic carbocycles. The van der Waals surface area contributed by atoms with Gasteiger partial charge in [-0.2, -0.15) is 10.1 Å². The highest BCUT2D eigenvalue weighted by molar-refractivity contribution is 9.10. The number of piperazine rings is 1. The van der Waals surface area contributed by atoms with E-state index in [4.69, 9.17) is 14.5 Å². The average Bonchev–Trinajstić information content (AvgIpc) is 3.58. The van der Waals surface area contributed by atoms with Gasteiger partial charge in [0.1, 0.15) is 24.3 Å². The van der Waals surface area contributed by atoms with Crippen molar-refractivity contribution in [2.24, 2.45) is 7.05 Å². The van der Waals surface area contributed by atoms with Crippen LogP contribution in [-0.2, 0) is 16.3 Å². The Morgan fingerprint density at radius 1 is 0.931 bits per heavy atom. The maximum atomic E-state index is 13.4. The molecule has 58 heavy (non-hydrogen) atoms. The van der Waals surface area contributed by atoms with Gasteiger partial charge < -0.3 is 34.5 Å². The van der Waals surface area contributed by atoms with Crippen LogP contribution in [0.2, 0.25) is 0 Å². The van der Waals surface area contributed by atoms with Crippen molar-refractivity contribution in [2.45, 2.75) is 65.1 Å². The van der Waals surface area contributed by atoms with Crippen molar-refractivity contribution in [1.29, 1.82) is 0 Å². The highest BCUT2D eigenvalue weighted by Crippen LogP contribution is 2.43. The fourth-order valence-corrected chi connectivity index (χ4v) is 10.3. The van der Waals surface area contributed by atoms with Gasteiger partial charge >= 0.3 is 6.09 Å². The topological polar surface area (TPSA) is 133 Å². The van der Waals surface area contributed by atoms with Gasteiger partial charge in [-0.1, -0.05) is 6.07 Å². The summed E-state index contributed by atoms with van der Waals surface area (Å²) in [5.74, 6) is 1.61. The monoisotopic (exact) mass is 876 g/mol. The normalized spacial score (nSPS) is 17.6. The fourth-order valence-electron chi connectivity index (χ4n) is 8.35. The van der Waals surface area contributed by atoms with Gasteiger partial charge in [-0.05, 0) is 100.0 Å². The number of nitrogens with one attached hydrogen (secondary N) is 2. The molecule has 2 aromatic carbocycles. The first-order valence-electron chi connectivity index (χ1n) is 20.1. The molecule has 0 saturated carbocycles. The Hall–Kier alpha value is -4.17. The number of hydrogen-bond donors (Lipinski definition) is 2. The molecule has 4 aromatic rings. The number of rotatable bonds is 10. The number of anilines is 5. The number of amides is 1. The molecule has 0 spiro atoms. The second-order valence-electron chi connectivity index (χ2n) is 17.2. The number of aromatic nitrogens is 4. The summed E-state index contributed by atoms with van der Waals surface area (Å²) in [5.41, 5.74) is 6.25. The van der Waals surface area contributed by atoms with Crippen LogP contribution in [0.15, 0.2) is 47.3 Å². The lowest BCUT2D eigenvalue weighted by Crippen LogP contribution is -2.63. The quantitative estimate of drug-likeness (QED) is 0.156. The Balaban J connectivity index is 1.04. The van der Waals surface area contributed by atoms with Crippen LogP contribution in [0.5, 0.6) is 5.75 Å². The van der Waals surface area contributed by atoms with Crippen molar-refractivity contribution < 1.29 is 18.8 Å². The predicted molar refractivity (Wildman–Crippen MR) is 236 cm³/mol. The number of hydrogen-bond acceptors (Lipinski definition) is 12. The zero-order chi connectivity index (χ0) is 41.5. The molecule has 0 atom stereocenters. The summed E-state index contributed by atoms with van der Waals surface area (Å²) in [4.78, 5) is 31.4. The van der Waals surface area contributed by atoms with E-state index in [1.807, 2.05) is 75.8 Å². The number of methoxy groups -OCH3 is 1. The molecule has 14 nitrogen and oxygen atoms in total. The number of nitrogens with zero attached hydrogens (tertiary/aromatic N) is 8. The van der Waals surface area contributed by atoms with Gasteiger partial charge in [0.05, 0.1) is 29.2 Å². The molecule has 2 N–H and O–H groups in total. The molecule has 3 saturated heterocycles.